The molecule has 2 amide bonds. The molecule has 2 rings (SSSR count). The Balaban J connectivity index is 2.09. The van der Waals surface area contributed by atoms with Gasteiger partial charge in [-0.15, -0.1) is 0 Å². The third-order valence-corrected chi connectivity index (χ3v) is 4.76. The number of para-hydroxylation sites is 1. The molecule has 1 aromatic carbocycles. The second-order valence-electron chi connectivity index (χ2n) is 6.50. The second-order valence-corrected chi connectivity index (χ2v) is 7.44. The van der Waals surface area contributed by atoms with E-state index in [2.05, 4.69) is 15.6 Å². The van der Waals surface area contributed by atoms with Gasteiger partial charge in [-0.3, -0.25) is 19.0 Å². The summed E-state index contributed by atoms with van der Waals surface area (Å²) in [6.45, 7) is 4.59. The first-order valence-electron chi connectivity index (χ1n) is 9.09. The molecule has 28 heavy (non-hydrogen) atoms. The summed E-state index contributed by atoms with van der Waals surface area (Å²) in [7, 11) is 1.61. The lowest BCUT2D eigenvalue weighted by Gasteiger charge is -2.13. The minimum Gasteiger partial charge on any atom is -0.385 e. The maximum Gasteiger partial charge on any atom is 0.262 e. The number of carbonyl (C=O) groups excluding carboxylic acids is 2. The molecule has 8 nitrogen and oxygen atoms in total. The first kappa shape index (κ1) is 21.9. The molecular weight excluding hydrogens is 380 g/mol. The standard InChI is InChI=1S/C19H26N4O4S/c1-13(2)21-16(24)11-20-17(25)12-28-19-22-15-8-5-4-7-14(15)18(26)23(19)9-6-10-27-3/h4-5,7-8,13H,6,9-12H2,1-3H3,(H,20,25)(H,21,24). The molecule has 2 aromatic rings. The van der Waals surface area contributed by atoms with E-state index in [0.717, 1.165) is 0 Å². The van der Waals surface area contributed by atoms with Crippen LogP contribution in [0.1, 0.15) is 20.3 Å². The second kappa shape index (κ2) is 10.8. The molecule has 0 unspecified atom stereocenters. The van der Waals surface area contributed by atoms with Gasteiger partial charge in [-0.1, -0.05) is 23.9 Å². The van der Waals surface area contributed by atoms with Crippen LogP contribution < -0.4 is 16.2 Å². The maximum absolute atomic E-state index is 12.8. The summed E-state index contributed by atoms with van der Waals surface area (Å²) in [5.41, 5.74) is 0.454. The van der Waals surface area contributed by atoms with Crippen LogP contribution in [0.5, 0.6) is 0 Å². The van der Waals surface area contributed by atoms with Crippen LogP contribution in [0.4, 0.5) is 0 Å². The Morgan fingerprint density at radius 1 is 1.25 bits per heavy atom. The Morgan fingerprint density at radius 3 is 2.71 bits per heavy atom. The van der Waals surface area contributed by atoms with Gasteiger partial charge >= 0.3 is 0 Å². The van der Waals surface area contributed by atoms with Crippen molar-refractivity contribution in [1.29, 1.82) is 0 Å². The highest BCUT2D eigenvalue weighted by molar-refractivity contribution is 7.99. The summed E-state index contributed by atoms with van der Waals surface area (Å²) in [6, 6.07) is 7.15. The van der Waals surface area contributed by atoms with Gasteiger partial charge in [0.15, 0.2) is 5.16 Å². The normalized spacial score (nSPS) is 11.0. The lowest BCUT2D eigenvalue weighted by molar-refractivity contribution is -0.125. The van der Waals surface area contributed by atoms with Crippen molar-refractivity contribution in [3.05, 3.63) is 34.6 Å². The van der Waals surface area contributed by atoms with Crippen molar-refractivity contribution in [2.24, 2.45) is 0 Å². The fourth-order valence-electron chi connectivity index (χ4n) is 2.56. The van der Waals surface area contributed by atoms with Crippen LogP contribution in [0.3, 0.4) is 0 Å². The predicted molar refractivity (Wildman–Crippen MR) is 110 cm³/mol. The van der Waals surface area contributed by atoms with E-state index in [1.807, 2.05) is 19.9 Å². The average Bonchev–Trinajstić information content (AvgIpc) is 2.66. The molecule has 0 saturated carbocycles. The molecule has 1 aromatic heterocycles. The fourth-order valence-corrected chi connectivity index (χ4v) is 3.41. The number of carbonyl (C=O) groups is 2. The topological polar surface area (TPSA) is 102 Å². The first-order valence-corrected chi connectivity index (χ1v) is 10.1. The van der Waals surface area contributed by atoms with Gasteiger partial charge in [-0.2, -0.15) is 0 Å². The molecule has 0 atom stereocenters. The third kappa shape index (κ3) is 6.35. The average molecular weight is 407 g/mol. The van der Waals surface area contributed by atoms with Crippen molar-refractivity contribution < 1.29 is 14.3 Å². The summed E-state index contributed by atoms with van der Waals surface area (Å²) < 4.78 is 6.64. The van der Waals surface area contributed by atoms with Crippen LogP contribution >= 0.6 is 11.8 Å². The molecule has 0 fully saturated rings. The highest BCUT2D eigenvalue weighted by Crippen LogP contribution is 2.18. The minimum absolute atomic E-state index is 0.0158. The minimum atomic E-state index is -0.297. The Morgan fingerprint density at radius 2 is 2.00 bits per heavy atom. The molecule has 0 aliphatic carbocycles. The van der Waals surface area contributed by atoms with Crippen molar-refractivity contribution in [3.63, 3.8) is 0 Å². The zero-order chi connectivity index (χ0) is 20.5. The Bertz CT molecular complexity index is 882. The van der Waals surface area contributed by atoms with E-state index in [-0.39, 0.29) is 35.7 Å². The molecule has 152 valence electrons. The number of hydrogen-bond donors (Lipinski definition) is 2. The van der Waals surface area contributed by atoms with E-state index in [0.29, 0.717) is 35.6 Å². The first-order chi connectivity index (χ1) is 13.4. The predicted octanol–water partition coefficient (Wildman–Crippen LogP) is 1.17. The molecule has 0 saturated heterocycles. The van der Waals surface area contributed by atoms with Crippen LogP contribution in [0.25, 0.3) is 10.9 Å². The number of nitrogens with one attached hydrogen (secondary N) is 2. The quantitative estimate of drug-likeness (QED) is 0.349. The Labute approximate surface area is 168 Å². The highest BCUT2D eigenvalue weighted by atomic mass is 32.2. The molecular formula is C19H26N4O4S. The van der Waals surface area contributed by atoms with Crippen molar-refractivity contribution in [2.45, 2.75) is 38.0 Å². The van der Waals surface area contributed by atoms with Gasteiger partial charge in [0.2, 0.25) is 11.8 Å². The number of ether oxygens (including phenoxy) is 1. The number of benzene rings is 1. The number of fused-ring (bicyclic) bond motifs is 1. The monoisotopic (exact) mass is 406 g/mol. The van der Waals surface area contributed by atoms with E-state index in [1.54, 1.807) is 29.9 Å². The molecule has 0 aliphatic heterocycles. The third-order valence-electron chi connectivity index (χ3n) is 3.78. The zero-order valence-electron chi connectivity index (χ0n) is 16.4. The fraction of sp³-hybridized carbons (Fsp3) is 0.474. The zero-order valence-corrected chi connectivity index (χ0v) is 17.2. The van der Waals surface area contributed by atoms with Crippen LogP contribution in [0.15, 0.2) is 34.2 Å². The number of rotatable bonds is 10. The molecule has 0 spiro atoms. The number of nitrogens with zero attached hydrogens (tertiary/aromatic N) is 2. The molecule has 0 aliphatic rings. The number of methoxy groups -OCH3 is 1. The van der Waals surface area contributed by atoms with Crippen molar-refractivity contribution in [1.82, 2.24) is 20.2 Å². The SMILES string of the molecule is COCCCn1c(SCC(=O)NCC(=O)NC(C)C)nc2ccccc2c1=O. The van der Waals surface area contributed by atoms with Crippen molar-refractivity contribution in [2.75, 3.05) is 26.0 Å². The Hall–Kier alpha value is -2.39. The summed E-state index contributed by atoms with van der Waals surface area (Å²) in [6.07, 6.45) is 0.658. The van der Waals surface area contributed by atoms with E-state index >= 15 is 0 Å². The van der Waals surface area contributed by atoms with Crippen LogP contribution in [-0.4, -0.2) is 53.4 Å². The van der Waals surface area contributed by atoms with Gasteiger partial charge in [-0.05, 0) is 32.4 Å². The molecule has 1 heterocycles. The van der Waals surface area contributed by atoms with E-state index in [4.69, 9.17) is 4.74 Å². The van der Waals surface area contributed by atoms with Crippen molar-refractivity contribution in [3.8, 4) is 0 Å². The van der Waals surface area contributed by atoms with Crippen LogP contribution in [0.2, 0.25) is 0 Å². The number of thioether (sulfide) groups is 1. The molecule has 0 radical (unpaired) electrons. The van der Waals surface area contributed by atoms with Crippen LogP contribution in [0, 0.1) is 0 Å². The lowest BCUT2D eigenvalue weighted by Crippen LogP contribution is -2.40. The smallest absolute Gasteiger partial charge is 0.262 e. The summed E-state index contributed by atoms with van der Waals surface area (Å²) in [5, 5.41) is 6.30. The van der Waals surface area contributed by atoms with Gasteiger partial charge in [0.25, 0.3) is 5.56 Å². The number of aromatic nitrogens is 2. The molecule has 0 bridgehead atoms. The highest BCUT2D eigenvalue weighted by Gasteiger charge is 2.13. The Kier molecular flexibility index (Phi) is 8.46. The largest absolute Gasteiger partial charge is 0.385 e. The van der Waals surface area contributed by atoms with Gasteiger partial charge in [0.1, 0.15) is 0 Å². The number of amides is 2. The lowest BCUT2D eigenvalue weighted by atomic mass is 10.2. The van der Waals surface area contributed by atoms with Crippen LogP contribution in [-0.2, 0) is 20.9 Å². The van der Waals surface area contributed by atoms with Gasteiger partial charge in [0.05, 0.1) is 23.2 Å². The molecule has 9 heteroatoms. The summed E-state index contributed by atoms with van der Waals surface area (Å²) >= 11 is 1.18. The van der Waals surface area contributed by atoms with E-state index in [1.165, 1.54) is 11.8 Å². The van der Waals surface area contributed by atoms with Gasteiger partial charge in [-0.25, -0.2) is 4.98 Å². The maximum atomic E-state index is 12.8. The number of hydrogen-bond acceptors (Lipinski definition) is 6. The van der Waals surface area contributed by atoms with E-state index in [9.17, 15) is 14.4 Å². The van der Waals surface area contributed by atoms with E-state index < -0.39 is 0 Å². The van der Waals surface area contributed by atoms with Crippen molar-refractivity contribution >= 4 is 34.5 Å². The summed E-state index contributed by atoms with van der Waals surface area (Å²) in [5.74, 6) is -0.479. The summed E-state index contributed by atoms with van der Waals surface area (Å²) in [4.78, 5) is 41.1. The molecule has 2 N–H and O–H groups in total. The van der Waals surface area contributed by atoms with Gasteiger partial charge in [0, 0.05) is 26.3 Å². The van der Waals surface area contributed by atoms with Gasteiger partial charge < -0.3 is 15.4 Å².